The minimum atomic E-state index is -0.404. The van der Waals surface area contributed by atoms with Gasteiger partial charge in [-0.1, -0.05) is 0 Å². The zero-order valence-corrected chi connectivity index (χ0v) is 21.1. The molecule has 0 radical (unpaired) electrons. The maximum Gasteiger partial charge on any atom is 0.318 e. The molecule has 186 valence electrons. The molecule has 0 bridgehead atoms. The van der Waals surface area contributed by atoms with Crippen LogP contribution in [0.5, 0.6) is 11.5 Å². The smallest absolute Gasteiger partial charge is 0.318 e. The molecule has 3 rings (SSSR count). The van der Waals surface area contributed by atoms with Gasteiger partial charge in [0.1, 0.15) is 18.0 Å². The second-order valence-electron chi connectivity index (χ2n) is 8.99. The number of amides is 3. The molecule has 0 unspecified atom stereocenters. The maximum absolute atomic E-state index is 12.9. The standard InChI is InChI=1S/C26H33N5O4/c1-7-30(25(33)29-26(2,3)4)17-23(32)28-24-27-22(18-8-12-20(34-5)13-9-18)16-31(24)19-10-14-21(35-6)15-11-19/h8-16H,7,17H2,1-6H3,(H,29,33)(H,27,28,32). The van der Waals surface area contributed by atoms with Gasteiger partial charge in [-0.05, 0) is 76.2 Å². The molecular weight excluding hydrogens is 446 g/mol. The van der Waals surface area contributed by atoms with E-state index in [0.717, 1.165) is 22.7 Å². The molecule has 0 aliphatic carbocycles. The number of benzene rings is 2. The van der Waals surface area contributed by atoms with Crippen molar-refractivity contribution < 1.29 is 19.1 Å². The third kappa shape index (κ3) is 6.75. The fourth-order valence-corrected chi connectivity index (χ4v) is 3.37. The molecule has 0 spiro atoms. The third-order valence-corrected chi connectivity index (χ3v) is 5.18. The Morgan fingerprint density at radius 3 is 2.06 bits per heavy atom. The van der Waals surface area contributed by atoms with Gasteiger partial charge in [-0.2, -0.15) is 0 Å². The van der Waals surface area contributed by atoms with Gasteiger partial charge in [0, 0.05) is 29.5 Å². The monoisotopic (exact) mass is 479 g/mol. The lowest BCUT2D eigenvalue weighted by Crippen LogP contribution is -2.50. The van der Waals surface area contributed by atoms with Gasteiger partial charge in [-0.15, -0.1) is 0 Å². The van der Waals surface area contributed by atoms with Crippen molar-refractivity contribution in [2.75, 3.05) is 32.6 Å². The molecule has 35 heavy (non-hydrogen) atoms. The largest absolute Gasteiger partial charge is 0.497 e. The molecule has 9 nitrogen and oxygen atoms in total. The first-order valence-corrected chi connectivity index (χ1v) is 11.4. The molecule has 1 aromatic heterocycles. The van der Waals surface area contributed by atoms with Crippen molar-refractivity contribution >= 4 is 17.9 Å². The molecule has 0 saturated heterocycles. The summed E-state index contributed by atoms with van der Waals surface area (Å²) >= 11 is 0. The number of carbonyl (C=O) groups excluding carboxylic acids is 2. The summed E-state index contributed by atoms with van der Waals surface area (Å²) in [6, 6.07) is 14.6. The number of nitrogens with zero attached hydrogens (tertiary/aromatic N) is 3. The summed E-state index contributed by atoms with van der Waals surface area (Å²) in [6.07, 6.45) is 1.85. The predicted octanol–water partition coefficient (Wildman–Crippen LogP) is 4.33. The average molecular weight is 480 g/mol. The molecule has 0 atom stereocenters. The number of imidazole rings is 1. The van der Waals surface area contributed by atoms with E-state index in [1.54, 1.807) is 18.8 Å². The average Bonchev–Trinajstić information content (AvgIpc) is 3.25. The van der Waals surface area contributed by atoms with Crippen LogP contribution in [0.15, 0.2) is 54.7 Å². The van der Waals surface area contributed by atoms with E-state index in [2.05, 4.69) is 15.6 Å². The number of hydrogen-bond donors (Lipinski definition) is 2. The molecular formula is C26H33N5O4. The number of carbonyl (C=O) groups is 2. The lowest BCUT2D eigenvalue weighted by molar-refractivity contribution is -0.116. The van der Waals surface area contributed by atoms with E-state index in [1.807, 2.05) is 82.4 Å². The van der Waals surface area contributed by atoms with Crippen molar-refractivity contribution in [3.63, 3.8) is 0 Å². The number of rotatable bonds is 8. The number of urea groups is 1. The minimum absolute atomic E-state index is 0.105. The Morgan fingerprint density at radius 1 is 0.971 bits per heavy atom. The zero-order chi connectivity index (χ0) is 25.6. The molecule has 0 aliphatic rings. The van der Waals surface area contributed by atoms with Crippen molar-refractivity contribution in [2.24, 2.45) is 0 Å². The Morgan fingerprint density at radius 2 is 1.54 bits per heavy atom. The number of methoxy groups -OCH3 is 2. The maximum atomic E-state index is 12.9. The summed E-state index contributed by atoms with van der Waals surface area (Å²) < 4.78 is 12.3. The molecule has 3 amide bonds. The third-order valence-electron chi connectivity index (χ3n) is 5.18. The fourth-order valence-electron chi connectivity index (χ4n) is 3.37. The molecule has 2 N–H and O–H groups in total. The molecule has 0 saturated carbocycles. The van der Waals surface area contributed by atoms with Crippen LogP contribution < -0.4 is 20.1 Å². The second-order valence-corrected chi connectivity index (χ2v) is 8.99. The highest BCUT2D eigenvalue weighted by atomic mass is 16.5. The molecule has 1 heterocycles. The predicted molar refractivity (Wildman–Crippen MR) is 136 cm³/mol. The van der Waals surface area contributed by atoms with E-state index in [9.17, 15) is 9.59 Å². The van der Waals surface area contributed by atoms with Gasteiger partial charge < -0.3 is 19.7 Å². The molecule has 0 fully saturated rings. The summed E-state index contributed by atoms with van der Waals surface area (Å²) in [5, 5.41) is 5.75. The van der Waals surface area contributed by atoms with Crippen LogP contribution in [0, 0.1) is 0 Å². The second kappa shape index (κ2) is 10.9. The van der Waals surface area contributed by atoms with Crippen LogP contribution >= 0.6 is 0 Å². The number of ether oxygens (including phenoxy) is 2. The summed E-state index contributed by atoms with van der Waals surface area (Å²) in [5.41, 5.74) is 1.94. The minimum Gasteiger partial charge on any atom is -0.497 e. The quantitative estimate of drug-likeness (QED) is 0.501. The van der Waals surface area contributed by atoms with Crippen molar-refractivity contribution in [1.82, 2.24) is 19.8 Å². The Kier molecular flexibility index (Phi) is 8.01. The van der Waals surface area contributed by atoms with Gasteiger partial charge in [0.05, 0.1) is 19.9 Å². The first kappa shape index (κ1) is 25.6. The fraction of sp³-hybridized carbons (Fsp3) is 0.346. The highest BCUT2D eigenvalue weighted by Crippen LogP contribution is 2.27. The SMILES string of the molecule is CCN(CC(=O)Nc1nc(-c2ccc(OC)cc2)cn1-c1ccc(OC)cc1)C(=O)NC(C)(C)C. The first-order chi connectivity index (χ1) is 16.6. The summed E-state index contributed by atoms with van der Waals surface area (Å²) in [6.45, 7) is 7.79. The van der Waals surface area contributed by atoms with E-state index in [1.165, 1.54) is 4.90 Å². The number of aromatic nitrogens is 2. The van der Waals surface area contributed by atoms with Crippen LogP contribution in [0.1, 0.15) is 27.7 Å². The van der Waals surface area contributed by atoms with Crippen molar-refractivity contribution in [3.8, 4) is 28.4 Å². The van der Waals surface area contributed by atoms with Gasteiger partial charge in [0.25, 0.3) is 0 Å². The summed E-state index contributed by atoms with van der Waals surface area (Å²) in [4.78, 5) is 31.6. The Balaban J connectivity index is 1.88. The summed E-state index contributed by atoms with van der Waals surface area (Å²) in [7, 11) is 3.22. The van der Waals surface area contributed by atoms with Crippen LogP contribution in [0.4, 0.5) is 10.7 Å². The number of nitrogens with one attached hydrogen (secondary N) is 2. The van der Waals surface area contributed by atoms with Gasteiger partial charge in [-0.3, -0.25) is 14.7 Å². The highest BCUT2D eigenvalue weighted by molar-refractivity contribution is 5.93. The van der Waals surface area contributed by atoms with E-state index in [-0.39, 0.29) is 18.5 Å². The van der Waals surface area contributed by atoms with Gasteiger partial charge in [0.15, 0.2) is 0 Å². The van der Waals surface area contributed by atoms with Gasteiger partial charge in [-0.25, -0.2) is 9.78 Å². The molecule has 0 aliphatic heterocycles. The molecule has 2 aromatic carbocycles. The summed E-state index contributed by atoms with van der Waals surface area (Å²) in [5.74, 6) is 1.46. The number of likely N-dealkylation sites (N-methyl/N-ethyl adjacent to an activating group) is 1. The van der Waals surface area contributed by atoms with Crippen LogP contribution in [0.3, 0.4) is 0 Å². The highest BCUT2D eigenvalue weighted by Gasteiger charge is 2.22. The van der Waals surface area contributed by atoms with Crippen molar-refractivity contribution in [2.45, 2.75) is 33.2 Å². The normalized spacial score (nSPS) is 11.0. The van der Waals surface area contributed by atoms with E-state index < -0.39 is 5.54 Å². The lowest BCUT2D eigenvalue weighted by atomic mass is 10.1. The lowest BCUT2D eigenvalue weighted by Gasteiger charge is -2.27. The van der Waals surface area contributed by atoms with Crippen LogP contribution in [-0.2, 0) is 4.79 Å². The van der Waals surface area contributed by atoms with Crippen molar-refractivity contribution in [1.29, 1.82) is 0 Å². The molecule has 9 heteroatoms. The van der Waals surface area contributed by atoms with E-state index >= 15 is 0 Å². The van der Waals surface area contributed by atoms with Crippen molar-refractivity contribution in [3.05, 3.63) is 54.7 Å². The first-order valence-electron chi connectivity index (χ1n) is 11.4. The number of anilines is 1. The zero-order valence-electron chi connectivity index (χ0n) is 21.1. The Labute approximate surface area is 206 Å². The Bertz CT molecular complexity index is 1150. The molecule has 3 aromatic rings. The van der Waals surface area contributed by atoms with Crippen LogP contribution in [-0.4, -0.2) is 59.2 Å². The van der Waals surface area contributed by atoms with E-state index in [0.29, 0.717) is 18.2 Å². The Hall–Kier alpha value is -4.01. The van der Waals surface area contributed by atoms with Gasteiger partial charge in [0.2, 0.25) is 11.9 Å². The van der Waals surface area contributed by atoms with Crippen LogP contribution in [0.2, 0.25) is 0 Å². The van der Waals surface area contributed by atoms with E-state index in [4.69, 9.17) is 9.47 Å². The van der Waals surface area contributed by atoms with Gasteiger partial charge >= 0.3 is 6.03 Å². The van der Waals surface area contributed by atoms with Crippen LogP contribution in [0.25, 0.3) is 16.9 Å². The topological polar surface area (TPSA) is 97.7 Å². The number of hydrogen-bond acceptors (Lipinski definition) is 5.